The Hall–Kier alpha value is -1.06. The molecule has 3 nitrogen and oxygen atoms in total. The molecule has 0 atom stereocenters. The molecule has 1 N–H and O–H groups in total. The molecule has 0 amide bonds. The van der Waals surface area contributed by atoms with Crippen molar-refractivity contribution in [3.8, 4) is 0 Å². The maximum Gasteiger partial charge on any atom is 0.0718 e. The lowest BCUT2D eigenvalue weighted by Crippen LogP contribution is -2.22. The van der Waals surface area contributed by atoms with E-state index in [1.165, 1.54) is 43.4 Å². The first-order valence-electron chi connectivity index (χ1n) is 7.30. The molecule has 0 aliphatic heterocycles. The lowest BCUT2D eigenvalue weighted by molar-refractivity contribution is 0.0617. The van der Waals surface area contributed by atoms with Crippen LogP contribution in [0.3, 0.4) is 0 Å². The summed E-state index contributed by atoms with van der Waals surface area (Å²) in [5.74, 6) is 0. The van der Waals surface area contributed by atoms with E-state index in [0.29, 0.717) is 25.9 Å². The SMILES string of the molecule is COCCOCc1cccc(NC2CCCCC2)c1. The molecule has 0 saturated heterocycles. The molecule has 106 valence electrons. The number of anilines is 1. The Morgan fingerprint density at radius 1 is 1.16 bits per heavy atom. The van der Waals surface area contributed by atoms with Gasteiger partial charge in [0.15, 0.2) is 0 Å². The van der Waals surface area contributed by atoms with Gasteiger partial charge in [-0.1, -0.05) is 31.4 Å². The first-order valence-corrected chi connectivity index (χ1v) is 7.30. The van der Waals surface area contributed by atoms with Gasteiger partial charge in [-0.05, 0) is 30.5 Å². The van der Waals surface area contributed by atoms with Crippen LogP contribution < -0.4 is 5.32 Å². The first kappa shape index (κ1) is 14.4. The quantitative estimate of drug-likeness (QED) is 0.763. The minimum atomic E-state index is 0.650. The molecule has 1 aromatic carbocycles. The van der Waals surface area contributed by atoms with Crippen molar-refractivity contribution >= 4 is 5.69 Å². The number of hydrogen-bond donors (Lipinski definition) is 1. The molecular formula is C16H25NO2. The molecule has 0 spiro atoms. The summed E-state index contributed by atoms with van der Waals surface area (Å²) in [5.41, 5.74) is 2.44. The van der Waals surface area contributed by atoms with Crippen molar-refractivity contribution < 1.29 is 9.47 Å². The van der Waals surface area contributed by atoms with Crippen LogP contribution in [0.1, 0.15) is 37.7 Å². The summed E-state index contributed by atoms with van der Waals surface area (Å²) >= 11 is 0. The maximum absolute atomic E-state index is 5.55. The third-order valence-electron chi connectivity index (χ3n) is 3.60. The van der Waals surface area contributed by atoms with Crippen LogP contribution in [0.4, 0.5) is 5.69 Å². The number of ether oxygens (including phenoxy) is 2. The topological polar surface area (TPSA) is 30.5 Å². The predicted molar refractivity (Wildman–Crippen MR) is 78.5 cm³/mol. The molecular weight excluding hydrogens is 238 g/mol. The Balaban J connectivity index is 1.80. The fourth-order valence-corrected chi connectivity index (χ4v) is 2.57. The standard InChI is InChI=1S/C16H25NO2/c1-18-10-11-19-13-14-6-5-9-16(12-14)17-15-7-3-2-4-8-15/h5-6,9,12,15,17H,2-4,7-8,10-11,13H2,1H3. The third kappa shape index (κ3) is 5.21. The molecule has 3 heteroatoms. The van der Waals surface area contributed by atoms with Gasteiger partial charge in [0.05, 0.1) is 19.8 Å². The number of nitrogens with one attached hydrogen (secondary N) is 1. The van der Waals surface area contributed by atoms with Crippen LogP contribution in [0, 0.1) is 0 Å². The van der Waals surface area contributed by atoms with Gasteiger partial charge < -0.3 is 14.8 Å². The second-order valence-corrected chi connectivity index (χ2v) is 5.23. The van der Waals surface area contributed by atoms with E-state index in [-0.39, 0.29) is 0 Å². The summed E-state index contributed by atoms with van der Waals surface area (Å²) in [4.78, 5) is 0. The van der Waals surface area contributed by atoms with Gasteiger partial charge in [-0.25, -0.2) is 0 Å². The molecule has 0 aromatic heterocycles. The highest BCUT2D eigenvalue weighted by molar-refractivity contribution is 5.46. The van der Waals surface area contributed by atoms with Gasteiger partial charge in [-0.3, -0.25) is 0 Å². The van der Waals surface area contributed by atoms with E-state index in [9.17, 15) is 0 Å². The fourth-order valence-electron chi connectivity index (χ4n) is 2.57. The zero-order valence-corrected chi connectivity index (χ0v) is 11.9. The molecule has 2 rings (SSSR count). The second-order valence-electron chi connectivity index (χ2n) is 5.23. The summed E-state index contributed by atoms with van der Waals surface area (Å²) in [7, 11) is 1.69. The van der Waals surface area contributed by atoms with Crippen molar-refractivity contribution in [1.29, 1.82) is 0 Å². The van der Waals surface area contributed by atoms with Gasteiger partial charge in [0, 0.05) is 18.8 Å². The van der Waals surface area contributed by atoms with E-state index >= 15 is 0 Å². The van der Waals surface area contributed by atoms with Gasteiger partial charge in [-0.15, -0.1) is 0 Å². The Labute approximate surface area is 116 Å². The molecule has 1 aromatic rings. The summed E-state index contributed by atoms with van der Waals surface area (Å²) in [6.07, 6.45) is 6.71. The van der Waals surface area contributed by atoms with E-state index in [4.69, 9.17) is 9.47 Å². The molecule has 0 bridgehead atoms. The van der Waals surface area contributed by atoms with Crippen LogP contribution in [0.15, 0.2) is 24.3 Å². The van der Waals surface area contributed by atoms with E-state index in [2.05, 4.69) is 29.6 Å². The minimum Gasteiger partial charge on any atom is -0.382 e. The van der Waals surface area contributed by atoms with Crippen LogP contribution in [-0.2, 0) is 16.1 Å². The van der Waals surface area contributed by atoms with Crippen LogP contribution >= 0.6 is 0 Å². The van der Waals surface area contributed by atoms with Gasteiger partial charge in [0.2, 0.25) is 0 Å². The second kappa shape index (κ2) is 8.18. The van der Waals surface area contributed by atoms with Gasteiger partial charge in [0.1, 0.15) is 0 Å². The van der Waals surface area contributed by atoms with Crippen molar-refractivity contribution in [2.24, 2.45) is 0 Å². The molecule has 0 unspecified atom stereocenters. The average molecular weight is 263 g/mol. The monoisotopic (exact) mass is 263 g/mol. The van der Waals surface area contributed by atoms with Gasteiger partial charge >= 0.3 is 0 Å². The van der Waals surface area contributed by atoms with Crippen molar-refractivity contribution in [2.75, 3.05) is 25.6 Å². The Bertz CT molecular complexity index is 362. The Kier molecular flexibility index (Phi) is 6.18. The maximum atomic E-state index is 5.55. The van der Waals surface area contributed by atoms with Crippen LogP contribution in [0.5, 0.6) is 0 Å². The number of hydrogen-bond acceptors (Lipinski definition) is 3. The molecule has 1 fully saturated rings. The minimum absolute atomic E-state index is 0.650. The highest BCUT2D eigenvalue weighted by Crippen LogP contribution is 2.22. The highest BCUT2D eigenvalue weighted by Gasteiger charge is 2.12. The molecule has 0 radical (unpaired) electrons. The molecule has 19 heavy (non-hydrogen) atoms. The summed E-state index contributed by atoms with van der Waals surface area (Å²) in [6, 6.07) is 9.20. The lowest BCUT2D eigenvalue weighted by Gasteiger charge is -2.24. The fraction of sp³-hybridized carbons (Fsp3) is 0.625. The zero-order valence-electron chi connectivity index (χ0n) is 11.9. The Morgan fingerprint density at radius 3 is 2.79 bits per heavy atom. The summed E-state index contributed by atoms with van der Waals surface area (Å²) < 4.78 is 10.5. The van der Waals surface area contributed by atoms with Crippen molar-refractivity contribution in [3.63, 3.8) is 0 Å². The van der Waals surface area contributed by atoms with E-state index < -0.39 is 0 Å². The molecule has 0 heterocycles. The van der Waals surface area contributed by atoms with Crippen LogP contribution in [0.25, 0.3) is 0 Å². The first-order chi connectivity index (χ1) is 9.38. The van der Waals surface area contributed by atoms with E-state index in [1.807, 2.05) is 0 Å². The summed E-state index contributed by atoms with van der Waals surface area (Å²) in [6.45, 7) is 1.96. The summed E-state index contributed by atoms with van der Waals surface area (Å²) in [5, 5.41) is 3.64. The third-order valence-corrected chi connectivity index (χ3v) is 3.60. The molecule has 1 aliphatic rings. The van der Waals surface area contributed by atoms with Gasteiger partial charge in [0.25, 0.3) is 0 Å². The van der Waals surface area contributed by atoms with E-state index in [0.717, 1.165) is 0 Å². The zero-order chi connectivity index (χ0) is 13.3. The number of rotatable bonds is 7. The average Bonchev–Trinajstić information content (AvgIpc) is 2.45. The number of benzene rings is 1. The molecule has 1 saturated carbocycles. The van der Waals surface area contributed by atoms with E-state index in [1.54, 1.807) is 7.11 Å². The molecule has 1 aliphatic carbocycles. The van der Waals surface area contributed by atoms with Crippen molar-refractivity contribution in [1.82, 2.24) is 0 Å². The largest absolute Gasteiger partial charge is 0.382 e. The predicted octanol–water partition coefficient (Wildman–Crippen LogP) is 3.59. The highest BCUT2D eigenvalue weighted by atomic mass is 16.5. The van der Waals surface area contributed by atoms with Crippen molar-refractivity contribution in [2.45, 2.75) is 44.8 Å². The van der Waals surface area contributed by atoms with Crippen LogP contribution in [-0.4, -0.2) is 26.4 Å². The lowest BCUT2D eigenvalue weighted by atomic mass is 9.95. The number of methoxy groups -OCH3 is 1. The van der Waals surface area contributed by atoms with Crippen molar-refractivity contribution in [3.05, 3.63) is 29.8 Å². The van der Waals surface area contributed by atoms with Gasteiger partial charge in [-0.2, -0.15) is 0 Å². The van der Waals surface area contributed by atoms with Crippen LogP contribution in [0.2, 0.25) is 0 Å². The smallest absolute Gasteiger partial charge is 0.0718 e. The normalized spacial score (nSPS) is 16.5. The Morgan fingerprint density at radius 2 is 2.00 bits per heavy atom.